The van der Waals surface area contributed by atoms with Crippen molar-refractivity contribution in [1.82, 2.24) is 14.9 Å². The van der Waals surface area contributed by atoms with Crippen molar-refractivity contribution in [1.29, 1.82) is 0 Å². The third kappa shape index (κ3) is 5.68. The van der Waals surface area contributed by atoms with E-state index in [4.69, 9.17) is 4.98 Å². The number of aryl methyl sites for hydroxylation is 1. The van der Waals surface area contributed by atoms with Crippen LogP contribution in [-0.2, 0) is 17.8 Å². The predicted molar refractivity (Wildman–Crippen MR) is 134 cm³/mol. The first kappa shape index (κ1) is 22.7. The number of thiophene rings is 1. The van der Waals surface area contributed by atoms with Crippen molar-refractivity contribution in [3.63, 3.8) is 0 Å². The van der Waals surface area contributed by atoms with Gasteiger partial charge in [-0.15, -0.1) is 11.3 Å². The second-order valence-electron chi connectivity index (χ2n) is 7.94. The zero-order valence-electron chi connectivity index (χ0n) is 18.7. The largest absolute Gasteiger partial charge is 0.351 e. The average molecular weight is 461 g/mol. The molecule has 7 heteroatoms. The first-order valence-corrected chi connectivity index (χ1v) is 12.1. The van der Waals surface area contributed by atoms with E-state index in [0.717, 1.165) is 53.1 Å². The molecule has 0 bridgehead atoms. The third-order valence-electron chi connectivity index (χ3n) is 5.65. The Morgan fingerprint density at radius 1 is 0.970 bits per heavy atom. The Morgan fingerprint density at radius 3 is 2.55 bits per heavy atom. The van der Waals surface area contributed by atoms with Crippen LogP contribution in [0.4, 0.5) is 5.69 Å². The molecule has 0 saturated heterocycles. The number of likely N-dealkylation sites (N-methyl/N-ethyl adjacent to an activating group) is 1. The van der Waals surface area contributed by atoms with Crippen LogP contribution in [0, 0.1) is 0 Å². The topological polar surface area (TPSA) is 67.2 Å². The zero-order chi connectivity index (χ0) is 23.0. The summed E-state index contributed by atoms with van der Waals surface area (Å²) in [6.45, 7) is 0.908. The molecule has 0 atom stereocenters. The molecule has 0 fully saturated rings. The van der Waals surface area contributed by atoms with E-state index >= 15 is 0 Å². The molecule has 0 saturated carbocycles. The van der Waals surface area contributed by atoms with Gasteiger partial charge in [0.05, 0.1) is 15.9 Å². The van der Waals surface area contributed by atoms with E-state index in [1.165, 1.54) is 11.3 Å². The summed E-state index contributed by atoms with van der Waals surface area (Å²) in [4.78, 5) is 32.3. The first-order chi connectivity index (χ1) is 16.1. The molecule has 0 aliphatic carbocycles. The molecule has 6 nitrogen and oxygen atoms in total. The number of para-hydroxylation sites is 3. The fourth-order valence-corrected chi connectivity index (χ4v) is 4.45. The quantitative estimate of drug-likeness (QED) is 0.342. The summed E-state index contributed by atoms with van der Waals surface area (Å²) in [6, 6.07) is 21.3. The number of aromatic nitrogens is 2. The van der Waals surface area contributed by atoms with Gasteiger partial charge in [-0.1, -0.05) is 42.8 Å². The molecule has 1 N–H and O–H groups in total. The number of nitrogens with one attached hydrogen (secondary N) is 1. The lowest BCUT2D eigenvalue weighted by molar-refractivity contribution is -0.118. The maximum Gasteiger partial charge on any atom is 0.261 e. The summed E-state index contributed by atoms with van der Waals surface area (Å²) in [5.74, 6) is 0.934. The number of carbonyl (C=O) groups is 2. The van der Waals surface area contributed by atoms with Crippen molar-refractivity contribution in [3.8, 4) is 0 Å². The van der Waals surface area contributed by atoms with Crippen molar-refractivity contribution in [2.24, 2.45) is 0 Å². The zero-order valence-corrected chi connectivity index (χ0v) is 19.6. The molecule has 4 aromatic rings. The molecule has 2 aromatic carbocycles. The van der Waals surface area contributed by atoms with E-state index in [0.29, 0.717) is 6.54 Å². The average Bonchev–Trinajstić information content (AvgIpc) is 3.50. The SMILES string of the molecule is CN(C(=O)Cn1c(CCCCCNC(=O)c2cccs2)nc2ccccc21)c1ccccc1. The van der Waals surface area contributed by atoms with Gasteiger partial charge in [-0.25, -0.2) is 4.98 Å². The van der Waals surface area contributed by atoms with E-state index in [9.17, 15) is 9.59 Å². The Bertz CT molecular complexity index is 1200. The van der Waals surface area contributed by atoms with Crippen LogP contribution in [0.25, 0.3) is 11.0 Å². The number of unbranched alkanes of at least 4 members (excludes halogenated alkanes) is 2. The standard InChI is InChI=1S/C26H28N4O2S/c1-29(20-11-4-2-5-12-20)25(31)19-30-22-14-8-7-13-21(22)28-24(30)16-6-3-9-17-27-26(32)23-15-10-18-33-23/h2,4-5,7-8,10-15,18H,3,6,9,16-17,19H2,1H3,(H,27,32). The Morgan fingerprint density at radius 2 is 1.76 bits per heavy atom. The minimum atomic E-state index is -0.00663. The van der Waals surface area contributed by atoms with Gasteiger partial charge in [-0.2, -0.15) is 0 Å². The van der Waals surface area contributed by atoms with Crippen LogP contribution in [0.2, 0.25) is 0 Å². The highest BCUT2D eigenvalue weighted by Gasteiger charge is 2.17. The molecule has 4 rings (SSSR count). The van der Waals surface area contributed by atoms with Crippen LogP contribution in [0.15, 0.2) is 72.1 Å². The lowest BCUT2D eigenvalue weighted by Crippen LogP contribution is -2.30. The van der Waals surface area contributed by atoms with Crippen molar-refractivity contribution in [2.75, 3.05) is 18.5 Å². The first-order valence-electron chi connectivity index (χ1n) is 11.2. The van der Waals surface area contributed by atoms with Crippen LogP contribution in [0.5, 0.6) is 0 Å². The van der Waals surface area contributed by atoms with E-state index in [2.05, 4.69) is 5.32 Å². The van der Waals surface area contributed by atoms with Gasteiger partial charge in [0.1, 0.15) is 12.4 Å². The van der Waals surface area contributed by atoms with E-state index in [-0.39, 0.29) is 18.4 Å². The third-order valence-corrected chi connectivity index (χ3v) is 6.52. The second-order valence-corrected chi connectivity index (χ2v) is 8.88. The summed E-state index contributed by atoms with van der Waals surface area (Å²) < 4.78 is 2.04. The van der Waals surface area contributed by atoms with Gasteiger partial charge in [-0.3, -0.25) is 9.59 Å². The van der Waals surface area contributed by atoms with Crippen LogP contribution in [0.3, 0.4) is 0 Å². The van der Waals surface area contributed by atoms with Crippen molar-refractivity contribution >= 4 is 39.9 Å². The van der Waals surface area contributed by atoms with Crippen molar-refractivity contribution in [2.45, 2.75) is 32.2 Å². The number of benzene rings is 2. The number of rotatable bonds is 10. The summed E-state index contributed by atoms with van der Waals surface area (Å²) in [7, 11) is 1.81. The molecule has 0 aliphatic rings. The van der Waals surface area contributed by atoms with Crippen LogP contribution < -0.4 is 10.2 Å². The molecule has 170 valence electrons. The van der Waals surface area contributed by atoms with Gasteiger partial charge in [0.25, 0.3) is 5.91 Å². The number of hydrogen-bond acceptors (Lipinski definition) is 4. The molecule has 2 amide bonds. The molecule has 33 heavy (non-hydrogen) atoms. The van der Waals surface area contributed by atoms with Gasteiger partial charge in [-0.05, 0) is 48.6 Å². The lowest BCUT2D eigenvalue weighted by Gasteiger charge is -2.18. The Balaban J connectivity index is 1.35. The molecule has 0 unspecified atom stereocenters. The lowest BCUT2D eigenvalue weighted by atomic mass is 10.2. The Hall–Kier alpha value is -3.45. The molecular weight excluding hydrogens is 432 g/mol. The summed E-state index contributed by atoms with van der Waals surface area (Å²) in [5, 5.41) is 4.88. The highest BCUT2D eigenvalue weighted by atomic mass is 32.1. The summed E-state index contributed by atoms with van der Waals surface area (Å²) in [6.07, 6.45) is 3.62. The Kier molecular flexibility index (Phi) is 7.52. The van der Waals surface area contributed by atoms with E-state index in [1.54, 1.807) is 11.9 Å². The smallest absolute Gasteiger partial charge is 0.261 e. The second kappa shape index (κ2) is 10.9. The van der Waals surface area contributed by atoms with Gasteiger partial charge in [0, 0.05) is 25.7 Å². The molecule has 0 spiro atoms. The number of fused-ring (bicyclic) bond motifs is 1. The Labute approximate surface area is 197 Å². The minimum absolute atomic E-state index is 0.00663. The van der Waals surface area contributed by atoms with Crippen LogP contribution >= 0.6 is 11.3 Å². The number of amides is 2. The minimum Gasteiger partial charge on any atom is -0.351 e. The number of carbonyl (C=O) groups excluding carboxylic acids is 2. The number of imidazole rings is 1. The van der Waals surface area contributed by atoms with Gasteiger partial charge >= 0.3 is 0 Å². The fourth-order valence-electron chi connectivity index (χ4n) is 3.81. The monoisotopic (exact) mass is 460 g/mol. The van der Waals surface area contributed by atoms with Crippen molar-refractivity contribution in [3.05, 3.63) is 82.8 Å². The maximum atomic E-state index is 13.0. The highest BCUT2D eigenvalue weighted by molar-refractivity contribution is 7.12. The molecule has 0 aliphatic heterocycles. The van der Waals surface area contributed by atoms with Crippen LogP contribution in [-0.4, -0.2) is 35.0 Å². The van der Waals surface area contributed by atoms with E-state index in [1.807, 2.05) is 76.7 Å². The maximum absolute atomic E-state index is 13.0. The summed E-state index contributed by atoms with van der Waals surface area (Å²) in [5.41, 5.74) is 2.76. The molecule has 2 aromatic heterocycles. The normalized spacial score (nSPS) is 10.9. The van der Waals surface area contributed by atoms with E-state index < -0.39 is 0 Å². The van der Waals surface area contributed by atoms with Crippen LogP contribution in [0.1, 0.15) is 34.8 Å². The number of nitrogens with zero attached hydrogens (tertiary/aromatic N) is 3. The molecular formula is C26H28N4O2S. The fraction of sp³-hybridized carbons (Fsp3) is 0.269. The van der Waals surface area contributed by atoms with Gasteiger partial charge in [0.2, 0.25) is 5.91 Å². The summed E-state index contributed by atoms with van der Waals surface area (Å²) >= 11 is 1.45. The number of anilines is 1. The van der Waals surface area contributed by atoms with Gasteiger partial charge in [0.15, 0.2) is 0 Å². The highest BCUT2D eigenvalue weighted by Crippen LogP contribution is 2.19. The van der Waals surface area contributed by atoms with Crippen molar-refractivity contribution < 1.29 is 9.59 Å². The number of hydrogen-bond donors (Lipinski definition) is 1. The predicted octanol–water partition coefficient (Wildman–Crippen LogP) is 4.90. The molecule has 0 radical (unpaired) electrons. The van der Waals surface area contributed by atoms with Gasteiger partial charge < -0.3 is 14.8 Å². The molecule has 2 heterocycles.